The van der Waals surface area contributed by atoms with E-state index in [1.807, 2.05) is 0 Å². The van der Waals surface area contributed by atoms with Crippen molar-refractivity contribution < 1.29 is 50.4 Å². The van der Waals surface area contributed by atoms with E-state index in [1.54, 1.807) is 12.1 Å². The lowest BCUT2D eigenvalue weighted by molar-refractivity contribution is -0.232. The third-order valence-corrected chi connectivity index (χ3v) is 5.33. The summed E-state index contributed by atoms with van der Waals surface area (Å²) in [6.45, 7) is -0.723. The number of phenolic OH excluding ortho intramolecular Hbond substituents is 4. The summed E-state index contributed by atoms with van der Waals surface area (Å²) in [5.41, 5.74) is -0.260. The predicted octanol–water partition coefficient (Wildman–Crippen LogP) is -0.161. The topological polar surface area (TPSA) is 188 Å². The SMILES string of the molecule is O=C(CCc1ccc(O)cc1)c1c(O)cc(O)c([C@H]2O[C@@H](CO)[C@H](O)[C@@H](O)[C@@H]2O)c1O. The highest BCUT2D eigenvalue weighted by Crippen LogP contribution is 2.46. The first-order valence-corrected chi connectivity index (χ1v) is 9.55. The summed E-state index contributed by atoms with van der Waals surface area (Å²) in [5, 5.41) is 79.9. The fourth-order valence-corrected chi connectivity index (χ4v) is 3.60. The van der Waals surface area contributed by atoms with Crippen LogP contribution in [0.5, 0.6) is 23.0 Å². The molecule has 10 heteroatoms. The lowest BCUT2D eigenvalue weighted by Crippen LogP contribution is -2.55. The highest BCUT2D eigenvalue weighted by molar-refractivity contribution is 6.02. The number of phenols is 4. The number of Topliss-reactive ketones (excluding diaryl/α,β-unsaturated/α-hetero) is 1. The van der Waals surface area contributed by atoms with Gasteiger partial charge >= 0.3 is 0 Å². The second-order valence-corrected chi connectivity index (χ2v) is 7.39. The molecule has 1 aliphatic rings. The van der Waals surface area contributed by atoms with E-state index < -0.39 is 71.3 Å². The lowest BCUT2D eigenvalue weighted by atomic mass is 9.88. The Labute approximate surface area is 176 Å². The number of hydrogen-bond acceptors (Lipinski definition) is 10. The molecule has 1 aliphatic heterocycles. The summed E-state index contributed by atoms with van der Waals surface area (Å²) < 4.78 is 5.35. The average Bonchev–Trinajstić information content (AvgIpc) is 2.73. The summed E-state index contributed by atoms with van der Waals surface area (Å²) in [7, 11) is 0. The van der Waals surface area contributed by atoms with Gasteiger partial charge in [-0.1, -0.05) is 12.1 Å². The fourth-order valence-electron chi connectivity index (χ4n) is 3.60. The molecule has 2 aromatic carbocycles. The number of carbonyl (C=O) groups excluding carboxylic acids is 1. The molecule has 0 unspecified atom stereocenters. The van der Waals surface area contributed by atoms with Gasteiger partial charge < -0.3 is 45.6 Å². The van der Waals surface area contributed by atoms with Crippen LogP contribution in [-0.4, -0.2) is 77.7 Å². The van der Waals surface area contributed by atoms with Crippen LogP contribution in [0, 0.1) is 0 Å². The van der Waals surface area contributed by atoms with E-state index in [0.29, 0.717) is 0 Å². The Balaban J connectivity index is 1.92. The third kappa shape index (κ3) is 4.43. The van der Waals surface area contributed by atoms with Crippen molar-refractivity contribution in [2.75, 3.05) is 6.61 Å². The van der Waals surface area contributed by atoms with Crippen molar-refractivity contribution >= 4 is 5.78 Å². The Morgan fingerprint density at radius 1 is 0.903 bits per heavy atom. The first kappa shape index (κ1) is 22.8. The average molecular weight is 436 g/mol. The molecule has 0 radical (unpaired) electrons. The Morgan fingerprint density at radius 3 is 2.16 bits per heavy atom. The molecular weight excluding hydrogens is 412 g/mol. The van der Waals surface area contributed by atoms with E-state index >= 15 is 0 Å². The first-order chi connectivity index (χ1) is 14.6. The van der Waals surface area contributed by atoms with Gasteiger partial charge in [0.25, 0.3) is 0 Å². The maximum Gasteiger partial charge on any atom is 0.170 e. The molecule has 5 atom stereocenters. The predicted molar refractivity (Wildman–Crippen MR) is 105 cm³/mol. The first-order valence-electron chi connectivity index (χ1n) is 9.55. The third-order valence-electron chi connectivity index (χ3n) is 5.33. The molecule has 0 amide bonds. The van der Waals surface area contributed by atoms with E-state index in [1.165, 1.54) is 12.1 Å². The van der Waals surface area contributed by atoms with Gasteiger partial charge in [-0.3, -0.25) is 4.79 Å². The van der Waals surface area contributed by atoms with E-state index in [-0.39, 0.29) is 18.6 Å². The molecule has 1 saturated heterocycles. The number of carbonyl (C=O) groups is 1. The number of ether oxygens (including phenoxy) is 1. The van der Waals surface area contributed by atoms with Gasteiger partial charge in [0, 0.05) is 12.5 Å². The van der Waals surface area contributed by atoms with Gasteiger partial charge in [0.2, 0.25) is 0 Å². The molecule has 0 bridgehead atoms. The van der Waals surface area contributed by atoms with E-state index in [2.05, 4.69) is 0 Å². The highest BCUT2D eigenvalue weighted by Gasteiger charge is 2.46. The van der Waals surface area contributed by atoms with Crippen molar-refractivity contribution in [1.29, 1.82) is 0 Å². The molecule has 0 saturated carbocycles. The Hall–Kier alpha value is -2.89. The van der Waals surface area contributed by atoms with Crippen LogP contribution >= 0.6 is 0 Å². The van der Waals surface area contributed by atoms with Crippen molar-refractivity contribution in [2.24, 2.45) is 0 Å². The molecule has 0 spiro atoms. The van der Waals surface area contributed by atoms with Crippen molar-refractivity contribution in [3.63, 3.8) is 0 Å². The van der Waals surface area contributed by atoms with E-state index in [9.17, 15) is 45.6 Å². The van der Waals surface area contributed by atoms with E-state index in [4.69, 9.17) is 4.74 Å². The smallest absolute Gasteiger partial charge is 0.170 e. The molecule has 3 rings (SSSR count). The number of aromatic hydroxyl groups is 4. The quantitative estimate of drug-likeness (QED) is 0.283. The van der Waals surface area contributed by atoms with Gasteiger partial charge in [0.1, 0.15) is 59.1 Å². The van der Waals surface area contributed by atoms with Crippen molar-refractivity contribution in [2.45, 2.75) is 43.4 Å². The monoisotopic (exact) mass is 436 g/mol. The molecule has 10 nitrogen and oxygen atoms in total. The maximum absolute atomic E-state index is 12.7. The summed E-state index contributed by atoms with van der Waals surface area (Å²) >= 11 is 0. The van der Waals surface area contributed by atoms with Crippen LogP contribution in [0.15, 0.2) is 30.3 Å². The maximum atomic E-state index is 12.7. The molecular formula is C21H24O10. The molecule has 1 heterocycles. The summed E-state index contributed by atoms with van der Waals surface area (Å²) in [5.74, 6) is -2.87. The van der Waals surface area contributed by atoms with Crippen LogP contribution in [0.1, 0.15) is 34.0 Å². The molecule has 0 aliphatic carbocycles. The molecule has 0 aromatic heterocycles. The number of benzene rings is 2. The molecule has 8 N–H and O–H groups in total. The number of hydrogen-bond donors (Lipinski definition) is 8. The van der Waals surface area contributed by atoms with Crippen LogP contribution in [-0.2, 0) is 11.2 Å². The molecule has 2 aromatic rings. The summed E-state index contributed by atoms with van der Waals surface area (Å²) in [6, 6.07) is 6.92. The van der Waals surface area contributed by atoms with Crippen molar-refractivity contribution in [1.82, 2.24) is 0 Å². The number of aliphatic hydroxyl groups excluding tert-OH is 4. The van der Waals surface area contributed by atoms with Gasteiger partial charge in [-0.25, -0.2) is 0 Å². The zero-order chi connectivity index (χ0) is 22.9. The van der Waals surface area contributed by atoms with Gasteiger partial charge in [-0.05, 0) is 24.1 Å². The molecule has 168 valence electrons. The normalized spacial score (nSPS) is 26.0. The molecule has 1 fully saturated rings. The number of ketones is 1. The Kier molecular flexibility index (Phi) is 6.68. The second kappa shape index (κ2) is 9.08. The standard InChI is InChI=1S/C21H24O10/c22-8-14-17(27)19(29)20(30)21(31-14)16-13(26)7-12(25)15(18(16)28)11(24)6-3-9-1-4-10(23)5-2-9/h1-2,4-5,7,14,17,19-23,25-30H,3,6,8H2/t14-,17-,19+,20-,21+/m0/s1. The molecule has 31 heavy (non-hydrogen) atoms. The number of rotatable bonds is 6. The van der Waals surface area contributed by atoms with Crippen LogP contribution in [0.3, 0.4) is 0 Å². The number of aliphatic hydroxyl groups is 4. The van der Waals surface area contributed by atoms with Crippen molar-refractivity contribution in [3.05, 3.63) is 47.0 Å². The van der Waals surface area contributed by atoms with Gasteiger partial charge in [-0.15, -0.1) is 0 Å². The lowest BCUT2D eigenvalue weighted by Gasteiger charge is -2.40. The van der Waals surface area contributed by atoms with Crippen LogP contribution in [0.2, 0.25) is 0 Å². The zero-order valence-electron chi connectivity index (χ0n) is 16.3. The second-order valence-electron chi connectivity index (χ2n) is 7.39. The van der Waals surface area contributed by atoms with Gasteiger partial charge in [0.05, 0.1) is 12.2 Å². The van der Waals surface area contributed by atoms with Crippen molar-refractivity contribution in [3.8, 4) is 23.0 Å². The fraction of sp³-hybridized carbons (Fsp3) is 0.381. The summed E-state index contributed by atoms with van der Waals surface area (Å²) in [6.07, 6.45) is -8.02. The van der Waals surface area contributed by atoms with Crippen LogP contribution in [0.4, 0.5) is 0 Å². The Bertz CT molecular complexity index is 940. The minimum Gasteiger partial charge on any atom is -0.508 e. The zero-order valence-corrected chi connectivity index (χ0v) is 16.3. The van der Waals surface area contributed by atoms with Gasteiger partial charge in [0.15, 0.2) is 5.78 Å². The Morgan fingerprint density at radius 2 is 1.55 bits per heavy atom. The minimum absolute atomic E-state index is 0.0630. The van der Waals surface area contributed by atoms with Gasteiger partial charge in [-0.2, -0.15) is 0 Å². The number of aryl methyl sites for hydroxylation is 1. The van der Waals surface area contributed by atoms with E-state index in [0.717, 1.165) is 11.6 Å². The van der Waals surface area contributed by atoms with Crippen LogP contribution < -0.4 is 0 Å². The minimum atomic E-state index is -1.81. The summed E-state index contributed by atoms with van der Waals surface area (Å²) in [4.78, 5) is 12.7. The largest absolute Gasteiger partial charge is 0.508 e. The highest BCUT2D eigenvalue weighted by atomic mass is 16.5. The van der Waals surface area contributed by atoms with Crippen LogP contribution in [0.25, 0.3) is 0 Å².